The number of fused-ring (bicyclic) bond motifs is 1. The second-order valence-corrected chi connectivity index (χ2v) is 10.3. The summed E-state index contributed by atoms with van der Waals surface area (Å²) in [6.45, 7) is 2.04. The number of aromatic nitrogens is 1. The first-order valence-corrected chi connectivity index (χ1v) is 12.9. The van der Waals surface area contributed by atoms with Crippen LogP contribution in [0.25, 0.3) is 10.9 Å². The first-order chi connectivity index (χ1) is 19.0. The SMILES string of the molecule is Cc1ccc(N2CCC(NC(=O)C(=O)c3c[nH]c4ccc(NC(=O)C5CC(O)CN5C(=O)O)cc34)C2=O)c(Cl)c1. The molecular formula is C27H26ClN5O7. The van der Waals surface area contributed by atoms with Gasteiger partial charge in [0.2, 0.25) is 11.8 Å². The van der Waals surface area contributed by atoms with Crippen LogP contribution in [0, 0.1) is 6.92 Å². The third-order valence-corrected chi connectivity index (χ3v) is 7.44. The van der Waals surface area contributed by atoms with E-state index in [0.29, 0.717) is 34.6 Å². The predicted octanol–water partition coefficient (Wildman–Crippen LogP) is 2.29. The number of carboxylic acid groups (broad SMARTS) is 1. The van der Waals surface area contributed by atoms with Gasteiger partial charge in [0.25, 0.3) is 11.7 Å². The first kappa shape index (κ1) is 27.2. The summed E-state index contributed by atoms with van der Waals surface area (Å²) in [5, 5.41) is 25.0. The number of Topliss-reactive ketones (excluding diaryl/α,β-unsaturated/α-hetero) is 1. The third kappa shape index (κ3) is 5.10. The van der Waals surface area contributed by atoms with Gasteiger partial charge in [-0.2, -0.15) is 0 Å². The Morgan fingerprint density at radius 1 is 1.12 bits per heavy atom. The van der Waals surface area contributed by atoms with Gasteiger partial charge in [-0.25, -0.2) is 4.79 Å². The summed E-state index contributed by atoms with van der Waals surface area (Å²) in [7, 11) is 0. The van der Waals surface area contributed by atoms with Crippen molar-refractivity contribution < 1.29 is 34.2 Å². The van der Waals surface area contributed by atoms with Crippen molar-refractivity contribution in [2.75, 3.05) is 23.3 Å². The lowest BCUT2D eigenvalue weighted by Gasteiger charge is -2.20. The molecule has 208 valence electrons. The standard InChI is InChI=1S/C27H26ClN5O7/c1-13-2-5-21(18(28)8-13)32-7-6-20(26(32)38)31-25(37)23(35)17-11-29-19-4-3-14(9-16(17)19)30-24(36)22-10-15(34)12-33(22)27(39)40/h2-5,8-9,11,15,20,22,29,34H,6-7,10,12H2,1H3,(H,30,36)(H,31,37)(H,39,40). The number of H-pyrrole nitrogens is 1. The second-order valence-electron chi connectivity index (χ2n) is 9.88. The molecule has 3 aromatic rings. The van der Waals surface area contributed by atoms with Gasteiger partial charge in [-0.1, -0.05) is 17.7 Å². The molecule has 1 aromatic heterocycles. The van der Waals surface area contributed by atoms with Gasteiger partial charge in [-0.3, -0.25) is 24.1 Å². The zero-order valence-corrected chi connectivity index (χ0v) is 22.1. The summed E-state index contributed by atoms with van der Waals surface area (Å²) < 4.78 is 0. The van der Waals surface area contributed by atoms with Crippen molar-refractivity contribution in [1.29, 1.82) is 0 Å². The lowest BCUT2D eigenvalue weighted by molar-refractivity contribution is -0.124. The number of hydrogen-bond donors (Lipinski definition) is 5. The molecule has 4 amide bonds. The third-order valence-electron chi connectivity index (χ3n) is 7.13. The Labute approximate surface area is 232 Å². The molecule has 0 aliphatic carbocycles. The molecule has 0 bridgehead atoms. The highest BCUT2D eigenvalue weighted by Gasteiger charge is 2.39. The van der Waals surface area contributed by atoms with E-state index in [1.165, 1.54) is 17.2 Å². The van der Waals surface area contributed by atoms with Gasteiger partial charge < -0.3 is 30.7 Å². The van der Waals surface area contributed by atoms with Crippen LogP contribution in [-0.2, 0) is 14.4 Å². The Bertz CT molecular complexity index is 1550. The Morgan fingerprint density at radius 3 is 2.62 bits per heavy atom. The number of halogens is 1. The number of aromatic amines is 1. The Balaban J connectivity index is 1.28. The van der Waals surface area contributed by atoms with Gasteiger partial charge in [0.05, 0.1) is 28.9 Å². The predicted molar refractivity (Wildman–Crippen MR) is 145 cm³/mol. The lowest BCUT2D eigenvalue weighted by Crippen LogP contribution is -2.44. The van der Waals surface area contributed by atoms with E-state index in [9.17, 15) is 34.2 Å². The van der Waals surface area contributed by atoms with Gasteiger partial charge in [0.1, 0.15) is 12.1 Å². The second kappa shape index (κ2) is 10.6. The highest BCUT2D eigenvalue weighted by molar-refractivity contribution is 6.45. The van der Waals surface area contributed by atoms with Crippen molar-refractivity contribution in [2.24, 2.45) is 0 Å². The number of aryl methyl sites for hydroxylation is 1. The average Bonchev–Trinajstić information content (AvgIpc) is 3.61. The van der Waals surface area contributed by atoms with Crippen LogP contribution in [-0.4, -0.2) is 81.0 Å². The van der Waals surface area contributed by atoms with Gasteiger partial charge in [-0.15, -0.1) is 0 Å². The summed E-state index contributed by atoms with van der Waals surface area (Å²) in [5.41, 5.74) is 2.31. The van der Waals surface area contributed by atoms with Gasteiger partial charge in [0, 0.05) is 35.8 Å². The molecule has 40 heavy (non-hydrogen) atoms. The highest BCUT2D eigenvalue weighted by Crippen LogP contribution is 2.30. The number of likely N-dealkylation sites (tertiary alicyclic amines) is 1. The van der Waals surface area contributed by atoms with Crippen molar-refractivity contribution in [3.63, 3.8) is 0 Å². The molecule has 5 N–H and O–H groups in total. The fourth-order valence-electron chi connectivity index (χ4n) is 5.12. The van der Waals surface area contributed by atoms with Crippen LogP contribution in [0.15, 0.2) is 42.6 Å². The molecular weight excluding hydrogens is 542 g/mol. The van der Waals surface area contributed by atoms with Crippen LogP contribution in [0.1, 0.15) is 28.8 Å². The number of nitrogens with one attached hydrogen (secondary N) is 3. The van der Waals surface area contributed by atoms with Crippen molar-refractivity contribution in [1.82, 2.24) is 15.2 Å². The molecule has 12 nitrogen and oxygen atoms in total. The van der Waals surface area contributed by atoms with Crippen LogP contribution in [0.5, 0.6) is 0 Å². The number of carbonyl (C=O) groups excluding carboxylic acids is 4. The molecule has 0 spiro atoms. The molecule has 3 atom stereocenters. The molecule has 13 heteroatoms. The average molecular weight is 568 g/mol. The number of aliphatic hydroxyl groups is 1. The first-order valence-electron chi connectivity index (χ1n) is 12.6. The number of aliphatic hydroxyl groups excluding tert-OH is 1. The number of β-amino-alcohol motifs (C(OH)–C–C–N with tert-alkyl or cyclic N) is 1. The largest absolute Gasteiger partial charge is 0.465 e. The molecule has 2 fully saturated rings. The van der Waals surface area contributed by atoms with E-state index in [1.807, 2.05) is 13.0 Å². The molecule has 3 unspecified atom stereocenters. The van der Waals surface area contributed by atoms with Crippen LogP contribution in [0.2, 0.25) is 5.02 Å². The van der Waals surface area contributed by atoms with Crippen molar-refractivity contribution in [2.45, 2.75) is 38.0 Å². The van der Waals surface area contributed by atoms with Crippen molar-refractivity contribution in [3.8, 4) is 0 Å². The van der Waals surface area contributed by atoms with Crippen molar-refractivity contribution in [3.05, 3.63) is 58.7 Å². The summed E-state index contributed by atoms with van der Waals surface area (Å²) in [4.78, 5) is 68.4. The normalized spacial score (nSPS) is 20.7. The molecule has 5 rings (SSSR count). The maximum absolute atomic E-state index is 13.1. The van der Waals surface area contributed by atoms with E-state index >= 15 is 0 Å². The molecule has 3 heterocycles. The molecule has 0 radical (unpaired) electrons. The van der Waals surface area contributed by atoms with Crippen LogP contribution >= 0.6 is 11.6 Å². The molecule has 2 aliphatic heterocycles. The highest BCUT2D eigenvalue weighted by atomic mass is 35.5. The quantitative estimate of drug-likeness (QED) is 0.224. The van der Waals surface area contributed by atoms with E-state index in [-0.39, 0.29) is 30.1 Å². The Morgan fingerprint density at radius 2 is 1.90 bits per heavy atom. The number of amides is 4. The maximum Gasteiger partial charge on any atom is 0.408 e. The summed E-state index contributed by atoms with van der Waals surface area (Å²) in [5.74, 6) is -2.83. The van der Waals surface area contributed by atoms with Crippen LogP contribution in [0.4, 0.5) is 16.2 Å². The summed E-state index contributed by atoms with van der Waals surface area (Å²) in [6, 6.07) is 7.99. The van der Waals surface area contributed by atoms with Gasteiger partial charge >= 0.3 is 6.09 Å². The number of ketones is 1. The van der Waals surface area contributed by atoms with Crippen molar-refractivity contribution >= 4 is 63.5 Å². The zero-order valence-electron chi connectivity index (χ0n) is 21.3. The van der Waals surface area contributed by atoms with E-state index in [2.05, 4.69) is 15.6 Å². The van der Waals surface area contributed by atoms with E-state index in [1.54, 1.807) is 24.3 Å². The number of rotatable bonds is 6. The van der Waals surface area contributed by atoms with Crippen LogP contribution < -0.4 is 15.5 Å². The molecule has 0 saturated carbocycles. The van der Waals surface area contributed by atoms with Gasteiger partial charge in [-0.05, 0) is 49.2 Å². The lowest BCUT2D eigenvalue weighted by atomic mass is 10.1. The number of benzene rings is 2. The van der Waals surface area contributed by atoms with E-state index in [0.717, 1.165) is 10.5 Å². The summed E-state index contributed by atoms with van der Waals surface area (Å²) >= 11 is 6.31. The smallest absolute Gasteiger partial charge is 0.408 e. The Hall–Kier alpha value is -4.42. The number of carbonyl (C=O) groups is 5. The number of nitrogens with zero attached hydrogens (tertiary/aromatic N) is 2. The van der Waals surface area contributed by atoms with E-state index < -0.39 is 41.9 Å². The molecule has 2 aromatic carbocycles. The Kier molecular flexibility index (Phi) is 7.21. The monoisotopic (exact) mass is 567 g/mol. The molecule has 2 saturated heterocycles. The fourth-order valence-corrected chi connectivity index (χ4v) is 5.45. The summed E-state index contributed by atoms with van der Waals surface area (Å²) in [6.07, 6.45) is -0.638. The minimum Gasteiger partial charge on any atom is -0.465 e. The minimum atomic E-state index is -1.32. The number of anilines is 2. The topological polar surface area (TPSA) is 172 Å². The van der Waals surface area contributed by atoms with E-state index in [4.69, 9.17) is 11.6 Å². The minimum absolute atomic E-state index is 0.0379. The maximum atomic E-state index is 13.1. The molecule has 2 aliphatic rings. The van der Waals surface area contributed by atoms with Crippen LogP contribution in [0.3, 0.4) is 0 Å². The zero-order chi connectivity index (χ0) is 28.7. The van der Waals surface area contributed by atoms with Gasteiger partial charge in [0.15, 0.2) is 0 Å². The number of hydrogen-bond acceptors (Lipinski definition) is 6. The fraction of sp³-hybridized carbons (Fsp3) is 0.296.